The molecule has 0 spiro atoms. The first-order valence-corrected chi connectivity index (χ1v) is 6.51. The smallest absolute Gasteiger partial charge is 0.239 e. The van der Waals surface area contributed by atoms with Gasteiger partial charge in [-0.25, -0.2) is 0 Å². The lowest BCUT2D eigenvalue weighted by Gasteiger charge is -2.29. The highest BCUT2D eigenvalue weighted by atomic mass is 16.5. The van der Waals surface area contributed by atoms with Gasteiger partial charge in [0, 0.05) is 20.2 Å². The van der Waals surface area contributed by atoms with Crippen molar-refractivity contribution in [2.45, 2.75) is 40.2 Å². The van der Waals surface area contributed by atoms with E-state index in [9.17, 15) is 4.79 Å². The van der Waals surface area contributed by atoms with Gasteiger partial charge in [-0.05, 0) is 18.8 Å². The largest absolute Gasteiger partial charge is 0.384 e. The first-order valence-electron chi connectivity index (χ1n) is 6.51. The lowest BCUT2D eigenvalue weighted by molar-refractivity contribution is -0.134. The summed E-state index contributed by atoms with van der Waals surface area (Å²) in [5, 5.41) is 0. The second-order valence-electron chi connectivity index (χ2n) is 4.85. The van der Waals surface area contributed by atoms with Crippen molar-refractivity contribution in [2.75, 3.05) is 26.8 Å². The van der Waals surface area contributed by atoms with E-state index >= 15 is 0 Å². The Labute approximate surface area is 105 Å². The minimum atomic E-state index is -0.380. The second-order valence-corrected chi connectivity index (χ2v) is 4.85. The van der Waals surface area contributed by atoms with Crippen molar-refractivity contribution < 1.29 is 9.53 Å². The van der Waals surface area contributed by atoms with E-state index in [4.69, 9.17) is 10.5 Å². The molecule has 0 aromatic heterocycles. The fourth-order valence-electron chi connectivity index (χ4n) is 1.80. The van der Waals surface area contributed by atoms with Gasteiger partial charge in [0.25, 0.3) is 0 Å². The van der Waals surface area contributed by atoms with Crippen LogP contribution in [0.1, 0.15) is 34.1 Å². The van der Waals surface area contributed by atoms with E-state index in [-0.39, 0.29) is 17.9 Å². The lowest BCUT2D eigenvalue weighted by Crippen LogP contribution is -2.48. The third-order valence-electron chi connectivity index (χ3n) is 3.22. The third-order valence-corrected chi connectivity index (χ3v) is 3.22. The van der Waals surface area contributed by atoms with E-state index in [2.05, 4.69) is 13.8 Å². The fraction of sp³-hybridized carbons (Fsp3) is 0.923. The molecule has 0 aliphatic carbocycles. The maximum atomic E-state index is 12.2. The summed E-state index contributed by atoms with van der Waals surface area (Å²) in [4.78, 5) is 14.0. The molecule has 1 amide bonds. The Kier molecular flexibility index (Phi) is 8.17. The molecule has 0 heterocycles. The summed E-state index contributed by atoms with van der Waals surface area (Å²) in [5.74, 6) is 0.632. The van der Waals surface area contributed by atoms with Crippen LogP contribution in [0.3, 0.4) is 0 Å². The summed E-state index contributed by atoms with van der Waals surface area (Å²) in [6.07, 6.45) is 0.929. The van der Waals surface area contributed by atoms with Crippen molar-refractivity contribution in [1.82, 2.24) is 4.90 Å². The zero-order chi connectivity index (χ0) is 13.4. The molecule has 102 valence electrons. The van der Waals surface area contributed by atoms with E-state index in [1.807, 2.05) is 18.7 Å². The number of rotatable bonds is 8. The lowest BCUT2D eigenvalue weighted by atomic mass is 9.98. The van der Waals surface area contributed by atoms with Gasteiger partial charge in [-0.1, -0.05) is 27.2 Å². The van der Waals surface area contributed by atoms with Crippen LogP contribution in [0.5, 0.6) is 0 Å². The van der Waals surface area contributed by atoms with Gasteiger partial charge in [0.2, 0.25) is 5.91 Å². The van der Waals surface area contributed by atoms with Crippen molar-refractivity contribution >= 4 is 5.91 Å². The number of amides is 1. The van der Waals surface area contributed by atoms with Crippen LogP contribution >= 0.6 is 0 Å². The summed E-state index contributed by atoms with van der Waals surface area (Å²) in [5.41, 5.74) is 5.97. The van der Waals surface area contributed by atoms with Crippen molar-refractivity contribution in [1.29, 1.82) is 0 Å². The highest BCUT2D eigenvalue weighted by molar-refractivity contribution is 5.81. The van der Waals surface area contributed by atoms with Crippen molar-refractivity contribution in [2.24, 2.45) is 17.6 Å². The maximum absolute atomic E-state index is 12.2. The number of likely N-dealkylation sites (N-methyl/N-ethyl adjacent to an activating group) is 1. The van der Waals surface area contributed by atoms with Crippen LogP contribution < -0.4 is 5.73 Å². The summed E-state index contributed by atoms with van der Waals surface area (Å²) in [7, 11) is 1.68. The Morgan fingerprint density at radius 1 is 1.35 bits per heavy atom. The summed E-state index contributed by atoms with van der Waals surface area (Å²) < 4.78 is 5.09. The monoisotopic (exact) mass is 244 g/mol. The summed E-state index contributed by atoms with van der Waals surface area (Å²) in [6.45, 7) is 10.2. The molecule has 4 heteroatoms. The Morgan fingerprint density at radius 2 is 1.94 bits per heavy atom. The molecule has 0 fully saturated rings. The van der Waals surface area contributed by atoms with E-state index < -0.39 is 0 Å². The van der Waals surface area contributed by atoms with Gasteiger partial charge in [0.15, 0.2) is 0 Å². The predicted molar refractivity (Wildman–Crippen MR) is 70.7 cm³/mol. The molecular formula is C13H28N2O2. The van der Waals surface area contributed by atoms with Crippen molar-refractivity contribution in [3.05, 3.63) is 0 Å². The molecule has 4 nitrogen and oxygen atoms in total. The molecule has 0 rings (SSSR count). The third kappa shape index (κ3) is 5.50. The van der Waals surface area contributed by atoms with Gasteiger partial charge in [-0.2, -0.15) is 0 Å². The molecule has 0 saturated heterocycles. The van der Waals surface area contributed by atoms with E-state index in [1.54, 1.807) is 7.11 Å². The Bertz CT molecular complexity index is 221. The number of methoxy groups -OCH3 is 1. The summed E-state index contributed by atoms with van der Waals surface area (Å²) >= 11 is 0. The first-order chi connectivity index (χ1) is 7.97. The van der Waals surface area contributed by atoms with E-state index in [0.29, 0.717) is 25.6 Å². The number of nitrogens with zero attached hydrogens (tertiary/aromatic N) is 1. The molecule has 2 N–H and O–H groups in total. The number of hydrogen-bond donors (Lipinski definition) is 1. The van der Waals surface area contributed by atoms with Gasteiger partial charge in [0.1, 0.15) is 0 Å². The van der Waals surface area contributed by atoms with Crippen molar-refractivity contribution in [3.8, 4) is 0 Å². The normalized spacial score (nSPS) is 16.4. The number of nitrogens with two attached hydrogens (primary N) is 1. The summed E-state index contributed by atoms with van der Waals surface area (Å²) in [6, 6.07) is -0.380. The molecule has 0 bridgehead atoms. The molecule has 3 unspecified atom stereocenters. The fourth-order valence-corrected chi connectivity index (χ4v) is 1.80. The number of carbonyl (C=O) groups is 1. The Hall–Kier alpha value is -0.610. The number of carbonyl (C=O) groups excluding carboxylic acids is 1. The average Bonchev–Trinajstić information content (AvgIpc) is 2.33. The highest BCUT2D eigenvalue weighted by Crippen LogP contribution is 2.10. The van der Waals surface area contributed by atoms with Gasteiger partial charge in [-0.15, -0.1) is 0 Å². The van der Waals surface area contributed by atoms with Crippen molar-refractivity contribution in [3.63, 3.8) is 0 Å². The zero-order valence-electron chi connectivity index (χ0n) is 11.9. The van der Waals surface area contributed by atoms with Crippen LogP contribution in [0.4, 0.5) is 0 Å². The molecule has 17 heavy (non-hydrogen) atoms. The SMILES string of the molecule is CCC(C)C(N)C(=O)N(CC)CC(C)COC. The number of ether oxygens (including phenoxy) is 1. The molecular weight excluding hydrogens is 216 g/mol. The van der Waals surface area contributed by atoms with Crippen LogP contribution in [-0.4, -0.2) is 43.7 Å². The highest BCUT2D eigenvalue weighted by Gasteiger charge is 2.24. The molecule has 0 radical (unpaired) electrons. The minimum Gasteiger partial charge on any atom is -0.384 e. The molecule has 0 saturated carbocycles. The molecule has 0 aliphatic heterocycles. The quantitative estimate of drug-likeness (QED) is 0.704. The Balaban J connectivity index is 4.39. The van der Waals surface area contributed by atoms with Gasteiger partial charge in [-0.3, -0.25) is 4.79 Å². The minimum absolute atomic E-state index is 0.0600. The van der Waals surface area contributed by atoms with E-state index in [1.165, 1.54) is 0 Å². The predicted octanol–water partition coefficient (Wildman–Crippen LogP) is 1.49. The topological polar surface area (TPSA) is 55.6 Å². The molecule has 0 aromatic carbocycles. The van der Waals surface area contributed by atoms with Crippen LogP contribution in [0, 0.1) is 11.8 Å². The Morgan fingerprint density at radius 3 is 2.35 bits per heavy atom. The van der Waals surface area contributed by atoms with Gasteiger partial charge in [0.05, 0.1) is 12.6 Å². The van der Waals surface area contributed by atoms with Gasteiger partial charge >= 0.3 is 0 Å². The standard InChI is InChI=1S/C13H28N2O2/c1-6-11(4)12(14)13(16)15(7-2)8-10(3)9-17-5/h10-12H,6-9,14H2,1-5H3. The zero-order valence-corrected chi connectivity index (χ0v) is 11.9. The van der Waals surface area contributed by atoms with E-state index in [0.717, 1.165) is 6.42 Å². The maximum Gasteiger partial charge on any atom is 0.239 e. The van der Waals surface area contributed by atoms with Crippen LogP contribution in [-0.2, 0) is 9.53 Å². The first kappa shape index (κ1) is 16.4. The average molecular weight is 244 g/mol. The molecule has 0 aromatic rings. The van der Waals surface area contributed by atoms with Crippen LogP contribution in [0.2, 0.25) is 0 Å². The molecule has 0 aliphatic rings. The number of hydrogen-bond acceptors (Lipinski definition) is 3. The second kappa shape index (κ2) is 8.48. The molecule has 3 atom stereocenters. The van der Waals surface area contributed by atoms with Crippen LogP contribution in [0.25, 0.3) is 0 Å². The van der Waals surface area contributed by atoms with Crippen LogP contribution in [0.15, 0.2) is 0 Å². The van der Waals surface area contributed by atoms with Gasteiger partial charge < -0.3 is 15.4 Å².